The van der Waals surface area contributed by atoms with Crippen LogP contribution < -0.4 is 19.9 Å². The number of amides is 2. The molecule has 1 atom stereocenters. The van der Waals surface area contributed by atoms with Crippen molar-refractivity contribution in [2.45, 2.75) is 25.9 Å². The summed E-state index contributed by atoms with van der Waals surface area (Å²) in [5.74, 6) is -2.63. The molecule has 0 heterocycles. The van der Waals surface area contributed by atoms with E-state index in [0.717, 1.165) is 24.0 Å². The summed E-state index contributed by atoms with van der Waals surface area (Å²) in [5.41, 5.74) is 6.14. The predicted octanol–water partition coefficient (Wildman–Crippen LogP) is 4.39. The van der Waals surface area contributed by atoms with Crippen molar-refractivity contribution < 1.29 is 41.8 Å². The van der Waals surface area contributed by atoms with Gasteiger partial charge in [-0.2, -0.15) is 0 Å². The number of carbonyl (C=O) groups is 3. The van der Waals surface area contributed by atoms with Crippen LogP contribution in [0, 0.1) is 0 Å². The van der Waals surface area contributed by atoms with Crippen molar-refractivity contribution in [3.63, 3.8) is 0 Å². The molecule has 0 aliphatic rings. The fraction of sp³-hybridized carbons (Fsp3) is 0.192. The fourth-order valence-electron chi connectivity index (χ4n) is 3.67. The Morgan fingerprint density at radius 3 is 2.27 bits per heavy atom. The number of halogens is 3. The van der Waals surface area contributed by atoms with Crippen LogP contribution in [-0.2, 0) is 16.1 Å². The maximum Gasteiger partial charge on any atom is 0.573 e. The Balaban J connectivity index is 2.13. The second-order valence-corrected chi connectivity index (χ2v) is 7.80. The number of nitrogens with zero attached hydrogens (tertiary/aromatic N) is 1. The Labute approximate surface area is 210 Å². The molecule has 0 saturated carbocycles. The number of alkyl halides is 3. The summed E-state index contributed by atoms with van der Waals surface area (Å²) < 4.78 is 52.8. The number of carbonyl (C=O) groups excluding carboxylic acids is 3. The number of methoxy groups -OCH3 is 1. The van der Waals surface area contributed by atoms with E-state index in [9.17, 15) is 27.6 Å². The highest BCUT2D eigenvalue weighted by molar-refractivity contribution is 6.00. The first-order chi connectivity index (χ1) is 17.5. The summed E-state index contributed by atoms with van der Waals surface area (Å²) in [6, 6.07) is 15.6. The van der Waals surface area contributed by atoms with Crippen molar-refractivity contribution in [3.8, 4) is 17.2 Å². The molecule has 0 saturated heterocycles. The Kier molecular flexibility index (Phi) is 8.38. The minimum Gasteiger partial charge on any atom is -0.497 e. The normalized spacial score (nSPS) is 11.8. The second-order valence-electron chi connectivity index (χ2n) is 7.80. The van der Waals surface area contributed by atoms with Crippen molar-refractivity contribution in [2.75, 3.05) is 7.11 Å². The van der Waals surface area contributed by atoms with Crippen LogP contribution in [-0.4, -0.2) is 36.2 Å². The average molecular weight is 516 g/mol. The zero-order chi connectivity index (χ0) is 27.2. The number of hydrogen-bond acceptors (Lipinski definition) is 6. The van der Waals surface area contributed by atoms with Gasteiger partial charge in [-0.25, -0.2) is 0 Å². The standard InChI is InChI=1S/C26H23F3N2O6/c1-16(32)36-22-12-4-3-11-21(22)25(34)31(15-17-7-5-9-19(13-17)35-2)23(24(30)33)18-8-6-10-20(14-18)37-26(27,28)29/h3-14,23H,15H2,1-2H3,(H2,30,33). The third-order valence-corrected chi connectivity index (χ3v) is 5.11. The summed E-state index contributed by atoms with van der Waals surface area (Å²) >= 11 is 0. The van der Waals surface area contributed by atoms with E-state index in [-0.39, 0.29) is 23.4 Å². The summed E-state index contributed by atoms with van der Waals surface area (Å²) in [6.07, 6.45) is -4.97. The minimum atomic E-state index is -4.97. The van der Waals surface area contributed by atoms with Gasteiger partial charge in [-0.15, -0.1) is 13.2 Å². The lowest BCUT2D eigenvalue weighted by molar-refractivity contribution is -0.274. The molecule has 1 unspecified atom stereocenters. The number of esters is 1. The van der Waals surface area contributed by atoms with Gasteiger partial charge < -0.3 is 24.8 Å². The first-order valence-corrected chi connectivity index (χ1v) is 10.8. The van der Waals surface area contributed by atoms with E-state index in [1.165, 1.54) is 37.4 Å². The van der Waals surface area contributed by atoms with E-state index in [0.29, 0.717) is 11.3 Å². The van der Waals surface area contributed by atoms with Crippen LogP contribution in [0.1, 0.15) is 34.5 Å². The van der Waals surface area contributed by atoms with Gasteiger partial charge in [-0.05, 0) is 47.5 Å². The van der Waals surface area contributed by atoms with E-state index >= 15 is 0 Å². The molecule has 0 radical (unpaired) electrons. The van der Waals surface area contributed by atoms with Crippen molar-refractivity contribution >= 4 is 17.8 Å². The van der Waals surface area contributed by atoms with Gasteiger partial charge in [-0.3, -0.25) is 14.4 Å². The maximum atomic E-state index is 13.8. The smallest absolute Gasteiger partial charge is 0.497 e. The average Bonchev–Trinajstić information content (AvgIpc) is 2.82. The van der Waals surface area contributed by atoms with Crippen LogP contribution in [0.4, 0.5) is 13.2 Å². The van der Waals surface area contributed by atoms with Crippen molar-refractivity contribution in [2.24, 2.45) is 5.73 Å². The fourth-order valence-corrected chi connectivity index (χ4v) is 3.67. The van der Waals surface area contributed by atoms with Gasteiger partial charge in [0.05, 0.1) is 12.7 Å². The van der Waals surface area contributed by atoms with Gasteiger partial charge in [0.2, 0.25) is 5.91 Å². The molecule has 2 amide bonds. The molecule has 0 fully saturated rings. The molecule has 0 spiro atoms. The Bertz CT molecular complexity index is 1300. The molecule has 0 aliphatic heterocycles. The highest BCUT2D eigenvalue weighted by Crippen LogP contribution is 2.32. The number of primary amides is 1. The Morgan fingerprint density at radius 2 is 1.62 bits per heavy atom. The SMILES string of the molecule is COc1cccc(CN(C(=O)c2ccccc2OC(C)=O)C(C(N)=O)c2cccc(OC(F)(F)F)c2)c1. The number of ether oxygens (including phenoxy) is 3. The number of para-hydroxylation sites is 1. The zero-order valence-corrected chi connectivity index (χ0v) is 19.8. The molecular formula is C26H23F3N2O6. The molecule has 0 bridgehead atoms. The molecule has 2 N–H and O–H groups in total. The topological polar surface area (TPSA) is 108 Å². The monoisotopic (exact) mass is 516 g/mol. The lowest BCUT2D eigenvalue weighted by Crippen LogP contribution is -2.41. The summed E-state index contributed by atoms with van der Waals surface area (Å²) in [4.78, 5) is 39.2. The molecular weight excluding hydrogens is 493 g/mol. The van der Waals surface area contributed by atoms with Gasteiger partial charge in [0.25, 0.3) is 5.91 Å². The van der Waals surface area contributed by atoms with Crippen molar-refractivity contribution in [1.29, 1.82) is 0 Å². The van der Waals surface area contributed by atoms with Gasteiger partial charge in [0.15, 0.2) is 0 Å². The third-order valence-electron chi connectivity index (χ3n) is 5.11. The Morgan fingerprint density at radius 1 is 0.946 bits per heavy atom. The van der Waals surface area contributed by atoms with Crippen molar-refractivity contribution in [3.05, 3.63) is 89.5 Å². The van der Waals surface area contributed by atoms with Gasteiger partial charge >= 0.3 is 12.3 Å². The first-order valence-electron chi connectivity index (χ1n) is 10.8. The molecule has 37 heavy (non-hydrogen) atoms. The number of rotatable bonds is 9. The lowest BCUT2D eigenvalue weighted by atomic mass is 10.0. The first kappa shape index (κ1) is 27.1. The minimum absolute atomic E-state index is 0.0181. The quantitative estimate of drug-likeness (QED) is 0.334. The summed E-state index contributed by atoms with van der Waals surface area (Å²) in [7, 11) is 1.45. The van der Waals surface area contributed by atoms with E-state index in [1.807, 2.05) is 0 Å². The molecule has 3 aromatic carbocycles. The zero-order valence-electron chi connectivity index (χ0n) is 19.8. The largest absolute Gasteiger partial charge is 0.573 e. The van der Waals surface area contributed by atoms with Crippen LogP contribution in [0.5, 0.6) is 17.2 Å². The molecule has 3 rings (SSSR count). The highest BCUT2D eigenvalue weighted by atomic mass is 19.4. The third kappa shape index (κ3) is 7.23. The number of hydrogen-bond donors (Lipinski definition) is 1. The van der Waals surface area contributed by atoms with Crippen LogP contribution in [0.25, 0.3) is 0 Å². The van der Waals surface area contributed by atoms with Crippen molar-refractivity contribution in [1.82, 2.24) is 4.90 Å². The van der Waals surface area contributed by atoms with Crippen LogP contribution in [0.3, 0.4) is 0 Å². The predicted molar refractivity (Wildman–Crippen MR) is 126 cm³/mol. The van der Waals surface area contributed by atoms with Crippen LogP contribution >= 0.6 is 0 Å². The van der Waals surface area contributed by atoms with Crippen LogP contribution in [0.15, 0.2) is 72.8 Å². The molecule has 0 aliphatic carbocycles. The molecule has 3 aromatic rings. The van der Waals surface area contributed by atoms with E-state index < -0.39 is 35.9 Å². The van der Waals surface area contributed by atoms with Crippen LogP contribution in [0.2, 0.25) is 0 Å². The lowest BCUT2D eigenvalue weighted by Gasteiger charge is -2.31. The van der Waals surface area contributed by atoms with E-state index in [1.54, 1.807) is 30.3 Å². The summed E-state index contributed by atoms with van der Waals surface area (Å²) in [5, 5.41) is 0. The highest BCUT2D eigenvalue weighted by Gasteiger charge is 2.34. The molecule has 194 valence electrons. The van der Waals surface area contributed by atoms with Gasteiger partial charge in [0, 0.05) is 13.5 Å². The summed E-state index contributed by atoms with van der Waals surface area (Å²) in [6.45, 7) is 0.968. The molecule has 0 aromatic heterocycles. The van der Waals surface area contributed by atoms with E-state index in [4.69, 9.17) is 15.2 Å². The second kappa shape index (κ2) is 11.5. The molecule has 8 nitrogen and oxygen atoms in total. The maximum absolute atomic E-state index is 13.8. The van der Waals surface area contributed by atoms with Gasteiger partial charge in [0.1, 0.15) is 23.3 Å². The Hall–Kier alpha value is -4.54. The molecule has 11 heteroatoms. The number of nitrogens with two attached hydrogens (primary N) is 1. The van der Waals surface area contributed by atoms with Gasteiger partial charge in [-0.1, -0.05) is 36.4 Å². The number of benzene rings is 3. The van der Waals surface area contributed by atoms with E-state index in [2.05, 4.69) is 4.74 Å².